The van der Waals surface area contributed by atoms with Gasteiger partial charge in [0.15, 0.2) is 0 Å². The summed E-state index contributed by atoms with van der Waals surface area (Å²) < 4.78 is 0. The van der Waals surface area contributed by atoms with Crippen molar-refractivity contribution in [3.63, 3.8) is 0 Å². The topological polar surface area (TPSA) is 58.6 Å². The Labute approximate surface area is 103 Å². The van der Waals surface area contributed by atoms with Crippen LogP contribution in [0.4, 0.5) is 4.79 Å². The third-order valence-corrected chi connectivity index (χ3v) is 2.57. The molecule has 1 fully saturated rings. The van der Waals surface area contributed by atoms with Crippen molar-refractivity contribution in [3.05, 3.63) is 34.9 Å². The summed E-state index contributed by atoms with van der Waals surface area (Å²) in [5.41, 5.74) is 0.902. The number of amides is 3. The van der Waals surface area contributed by atoms with Crippen molar-refractivity contribution in [2.24, 2.45) is 0 Å². The summed E-state index contributed by atoms with van der Waals surface area (Å²) in [6.07, 6.45) is 0.256. The standard InChI is InChI=1S/C11H11ClN2O3/c12-9-3-1-8(2-4-9)7-17-14-6-5-10(15)13-11(14)16/h1-4H,5-7H2,(H,13,15,16). The highest BCUT2D eigenvalue weighted by molar-refractivity contribution is 6.30. The maximum absolute atomic E-state index is 11.3. The normalized spacial score (nSPS) is 15.9. The Morgan fingerprint density at radius 3 is 2.65 bits per heavy atom. The summed E-state index contributed by atoms with van der Waals surface area (Å²) in [4.78, 5) is 27.5. The predicted molar refractivity (Wildman–Crippen MR) is 61.1 cm³/mol. The number of hydroxylamine groups is 2. The summed E-state index contributed by atoms with van der Waals surface area (Å²) in [7, 11) is 0. The largest absolute Gasteiger partial charge is 0.347 e. The maximum Gasteiger partial charge on any atom is 0.347 e. The van der Waals surface area contributed by atoms with Gasteiger partial charge >= 0.3 is 6.03 Å². The molecule has 0 bridgehead atoms. The number of imide groups is 1. The van der Waals surface area contributed by atoms with Gasteiger partial charge < -0.3 is 0 Å². The minimum atomic E-state index is -0.518. The molecular formula is C11H11ClN2O3. The van der Waals surface area contributed by atoms with E-state index in [-0.39, 0.29) is 25.5 Å². The van der Waals surface area contributed by atoms with Crippen LogP contribution < -0.4 is 5.32 Å². The lowest BCUT2D eigenvalue weighted by atomic mass is 10.2. The Morgan fingerprint density at radius 2 is 2.00 bits per heavy atom. The van der Waals surface area contributed by atoms with Crippen LogP contribution in [0.2, 0.25) is 5.02 Å². The van der Waals surface area contributed by atoms with Gasteiger partial charge in [0.1, 0.15) is 6.61 Å². The van der Waals surface area contributed by atoms with E-state index in [0.29, 0.717) is 5.02 Å². The van der Waals surface area contributed by atoms with Gasteiger partial charge in [-0.2, -0.15) is 0 Å². The molecule has 0 unspecified atom stereocenters. The van der Waals surface area contributed by atoms with Crippen LogP contribution in [-0.2, 0) is 16.2 Å². The summed E-state index contributed by atoms with van der Waals surface area (Å²) in [5.74, 6) is -0.277. The van der Waals surface area contributed by atoms with Gasteiger partial charge in [-0.1, -0.05) is 23.7 Å². The Kier molecular flexibility index (Phi) is 3.61. The van der Waals surface area contributed by atoms with Gasteiger partial charge in [0.05, 0.1) is 6.54 Å². The fraction of sp³-hybridized carbons (Fsp3) is 0.273. The smallest absolute Gasteiger partial charge is 0.276 e. The van der Waals surface area contributed by atoms with Gasteiger partial charge in [-0.25, -0.2) is 9.86 Å². The van der Waals surface area contributed by atoms with Crippen LogP contribution in [0.25, 0.3) is 0 Å². The summed E-state index contributed by atoms with van der Waals surface area (Å²) in [5, 5.41) is 3.97. The van der Waals surface area contributed by atoms with Crippen LogP contribution in [0.5, 0.6) is 0 Å². The first-order valence-electron chi connectivity index (χ1n) is 5.14. The average Bonchev–Trinajstić information content (AvgIpc) is 2.30. The van der Waals surface area contributed by atoms with Crippen LogP contribution in [0.3, 0.4) is 0 Å². The lowest BCUT2D eigenvalue weighted by Gasteiger charge is -2.25. The second-order valence-electron chi connectivity index (χ2n) is 3.61. The molecule has 1 aromatic rings. The summed E-state index contributed by atoms with van der Waals surface area (Å²) >= 11 is 5.75. The Bertz CT molecular complexity index is 433. The van der Waals surface area contributed by atoms with Crippen molar-refractivity contribution < 1.29 is 14.4 Å². The van der Waals surface area contributed by atoms with Gasteiger partial charge in [-0.3, -0.25) is 14.9 Å². The van der Waals surface area contributed by atoms with E-state index in [1.807, 2.05) is 12.1 Å². The van der Waals surface area contributed by atoms with Gasteiger partial charge in [0.25, 0.3) is 0 Å². The summed E-state index contributed by atoms with van der Waals surface area (Å²) in [6, 6.07) is 6.61. The molecule has 0 radical (unpaired) electrons. The highest BCUT2D eigenvalue weighted by atomic mass is 35.5. The van der Waals surface area contributed by atoms with Crippen LogP contribution in [0.1, 0.15) is 12.0 Å². The van der Waals surface area contributed by atoms with E-state index in [2.05, 4.69) is 5.32 Å². The molecule has 6 heteroatoms. The van der Waals surface area contributed by atoms with Crippen molar-refractivity contribution in [3.8, 4) is 0 Å². The number of urea groups is 1. The van der Waals surface area contributed by atoms with Crippen molar-refractivity contribution in [1.29, 1.82) is 0 Å². The quantitative estimate of drug-likeness (QED) is 0.893. The molecule has 0 spiro atoms. The number of carbonyl (C=O) groups excluding carboxylic acids is 2. The molecule has 0 aliphatic carbocycles. The zero-order chi connectivity index (χ0) is 12.3. The van der Waals surface area contributed by atoms with E-state index in [9.17, 15) is 9.59 Å². The molecule has 2 rings (SSSR count). The molecule has 17 heavy (non-hydrogen) atoms. The lowest BCUT2D eigenvalue weighted by molar-refractivity contribution is -0.147. The van der Waals surface area contributed by atoms with Crippen LogP contribution in [-0.4, -0.2) is 23.5 Å². The molecule has 0 aromatic heterocycles. The average molecular weight is 255 g/mol. The third-order valence-electron chi connectivity index (χ3n) is 2.32. The molecule has 3 amide bonds. The first kappa shape index (κ1) is 11.9. The van der Waals surface area contributed by atoms with Gasteiger partial charge in [-0.05, 0) is 17.7 Å². The molecule has 5 nitrogen and oxygen atoms in total. The monoisotopic (exact) mass is 254 g/mol. The van der Waals surface area contributed by atoms with E-state index in [0.717, 1.165) is 10.6 Å². The maximum atomic E-state index is 11.3. The molecule has 0 saturated carbocycles. The van der Waals surface area contributed by atoms with Crippen LogP contribution in [0, 0.1) is 0 Å². The first-order chi connectivity index (χ1) is 8.15. The van der Waals surface area contributed by atoms with Gasteiger partial charge in [-0.15, -0.1) is 0 Å². The Balaban J connectivity index is 1.88. The SMILES string of the molecule is O=C1CCN(OCc2ccc(Cl)cc2)C(=O)N1. The van der Waals surface area contributed by atoms with E-state index < -0.39 is 6.03 Å². The minimum Gasteiger partial charge on any atom is -0.276 e. The van der Waals surface area contributed by atoms with Crippen LogP contribution in [0.15, 0.2) is 24.3 Å². The molecule has 90 valence electrons. The van der Waals surface area contributed by atoms with E-state index in [1.165, 1.54) is 0 Å². The number of nitrogens with one attached hydrogen (secondary N) is 1. The van der Waals surface area contributed by atoms with Crippen molar-refractivity contribution in [2.75, 3.05) is 6.54 Å². The van der Waals surface area contributed by atoms with Crippen molar-refractivity contribution in [2.45, 2.75) is 13.0 Å². The molecular weight excluding hydrogens is 244 g/mol. The first-order valence-corrected chi connectivity index (χ1v) is 5.51. The van der Waals surface area contributed by atoms with Gasteiger partial charge in [0.2, 0.25) is 5.91 Å². The molecule has 1 aromatic carbocycles. The predicted octanol–water partition coefficient (Wildman–Crippen LogP) is 1.71. The number of nitrogens with zero attached hydrogens (tertiary/aromatic N) is 1. The molecule has 1 N–H and O–H groups in total. The molecule has 0 atom stereocenters. The number of benzene rings is 1. The van der Waals surface area contributed by atoms with Crippen LogP contribution >= 0.6 is 11.6 Å². The van der Waals surface area contributed by atoms with Gasteiger partial charge in [0, 0.05) is 11.4 Å². The Hall–Kier alpha value is -1.59. The third kappa shape index (κ3) is 3.18. The number of hydrogen-bond acceptors (Lipinski definition) is 3. The highest BCUT2D eigenvalue weighted by Gasteiger charge is 2.23. The molecule has 1 heterocycles. The second-order valence-corrected chi connectivity index (χ2v) is 4.04. The lowest BCUT2D eigenvalue weighted by Crippen LogP contribution is -2.49. The fourth-order valence-electron chi connectivity index (χ4n) is 1.41. The summed E-state index contributed by atoms with van der Waals surface area (Å²) in [6.45, 7) is 0.539. The minimum absolute atomic E-state index is 0.256. The number of halogens is 1. The number of carbonyl (C=O) groups is 2. The van der Waals surface area contributed by atoms with E-state index in [4.69, 9.17) is 16.4 Å². The number of hydrogen-bond donors (Lipinski definition) is 1. The molecule has 1 aliphatic rings. The fourth-order valence-corrected chi connectivity index (χ4v) is 1.53. The zero-order valence-corrected chi connectivity index (χ0v) is 9.74. The van der Waals surface area contributed by atoms with Crippen molar-refractivity contribution in [1.82, 2.24) is 10.4 Å². The molecule has 1 saturated heterocycles. The van der Waals surface area contributed by atoms with E-state index in [1.54, 1.807) is 12.1 Å². The van der Waals surface area contributed by atoms with E-state index >= 15 is 0 Å². The number of rotatable bonds is 3. The zero-order valence-electron chi connectivity index (χ0n) is 8.98. The Morgan fingerprint density at radius 1 is 1.29 bits per heavy atom. The highest BCUT2D eigenvalue weighted by Crippen LogP contribution is 2.11. The van der Waals surface area contributed by atoms with Crippen molar-refractivity contribution >= 4 is 23.5 Å². The second kappa shape index (κ2) is 5.16. The molecule has 1 aliphatic heterocycles.